The summed E-state index contributed by atoms with van der Waals surface area (Å²) in [6, 6.07) is 25.9. The zero-order valence-corrected chi connectivity index (χ0v) is 19.0. The van der Waals surface area contributed by atoms with Crippen molar-refractivity contribution < 1.29 is 18.3 Å². The SMILES string of the molecule is O=C(Cc1c(F)cccc1F)Nc1cccc(Oc2ccc3c(/C=C/c4ccccc4)n[nH]c3c2)c1. The number of hydrogen-bond acceptors (Lipinski definition) is 3. The van der Waals surface area contributed by atoms with Gasteiger partial charge in [-0.3, -0.25) is 9.89 Å². The van der Waals surface area contributed by atoms with Crippen LogP contribution in [-0.2, 0) is 11.2 Å². The van der Waals surface area contributed by atoms with Gasteiger partial charge in [-0.2, -0.15) is 5.10 Å². The number of carbonyl (C=O) groups is 1. The highest BCUT2D eigenvalue weighted by Crippen LogP contribution is 2.28. The number of fused-ring (bicyclic) bond motifs is 1. The van der Waals surface area contributed by atoms with Crippen LogP contribution in [0.5, 0.6) is 11.5 Å². The number of nitrogens with one attached hydrogen (secondary N) is 2. The first kappa shape index (κ1) is 23.0. The predicted octanol–water partition coefficient (Wildman–Crippen LogP) is 6.99. The number of amides is 1. The summed E-state index contributed by atoms with van der Waals surface area (Å²) in [7, 11) is 0. The molecule has 5 rings (SSSR count). The summed E-state index contributed by atoms with van der Waals surface area (Å²) in [5.41, 5.74) is 2.89. The average Bonchev–Trinajstić information content (AvgIpc) is 3.28. The topological polar surface area (TPSA) is 67.0 Å². The van der Waals surface area contributed by atoms with Crippen molar-refractivity contribution in [3.63, 3.8) is 0 Å². The van der Waals surface area contributed by atoms with E-state index in [4.69, 9.17) is 4.74 Å². The lowest BCUT2D eigenvalue weighted by molar-refractivity contribution is -0.115. The van der Waals surface area contributed by atoms with Gasteiger partial charge in [-0.05, 0) is 48.0 Å². The van der Waals surface area contributed by atoms with Gasteiger partial charge in [0, 0.05) is 28.8 Å². The molecule has 0 aliphatic heterocycles. The molecule has 5 nitrogen and oxygen atoms in total. The number of aromatic nitrogens is 2. The fourth-order valence-corrected chi connectivity index (χ4v) is 3.79. The number of benzene rings is 4. The molecule has 0 unspecified atom stereocenters. The molecule has 178 valence electrons. The molecule has 1 heterocycles. The molecule has 0 saturated heterocycles. The van der Waals surface area contributed by atoms with Crippen LogP contribution in [0.15, 0.2) is 91.0 Å². The zero-order valence-electron chi connectivity index (χ0n) is 19.0. The second-order valence-corrected chi connectivity index (χ2v) is 8.12. The molecule has 0 aliphatic carbocycles. The Labute approximate surface area is 206 Å². The molecule has 0 spiro atoms. The fraction of sp³-hybridized carbons (Fsp3) is 0.0345. The Morgan fingerprint density at radius 2 is 1.61 bits per heavy atom. The van der Waals surface area contributed by atoms with Gasteiger partial charge in [0.1, 0.15) is 23.1 Å². The van der Waals surface area contributed by atoms with Crippen molar-refractivity contribution in [2.45, 2.75) is 6.42 Å². The van der Waals surface area contributed by atoms with Gasteiger partial charge in [0.05, 0.1) is 17.6 Å². The summed E-state index contributed by atoms with van der Waals surface area (Å²) in [4.78, 5) is 12.3. The minimum atomic E-state index is -0.754. The van der Waals surface area contributed by atoms with E-state index in [1.165, 1.54) is 6.07 Å². The van der Waals surface area contributed by atoms with Crippen LogP contribution in [0.3, 0.4) is 0 Å². The molecule has 0 radical (unpaired) electrons. The lowest BCUT2D eigenvalue weighted by Gasteiger charge is -2.10. The van der Waals surface area contributed by atoms with Crippen molar-refractivity contribution >= 4 is 34.6 Å². The zero-order chi connectivity index (χ0) is 24.9. The smallest absolute Gasteiger partial charge is 0.229 e. The van der Waals surface area contributed by atoms with E-state index < -0.39 is 24.0 Å². The van der Waals surface area contributed by atoms with Crippen molar-refractivity contribution in [1.29, 1.82) is 0 Å². The maximum atomic E-state index is 13.8. The second kappa shape index (κ2) is 10.2. The highest BCUT2D eigenvalue weighted by Gasteiger charge is 2.13. The number of rotatable bonds is 7. The first-order valence-corrected chi connectivity index (χ1v) is 11.3. The van der Waals surface area contributed by atoms with Crippen LogP contribution in [0, 0.1) is 11.6 Å². The number of nitrogens with zero attached hydrogens (tertiary/aromatic N) is 1. The van der Waals surface area contributed by atoms with Gasteiger partial charge in [-0.15, -0.1) is 0 Å². The molecule has 0 fully saturated rings. The third-order valence-corrected chi connectivity index (χ3v) is 5.55. The number of halogens is 2. The van der Waals surface area contributed by atoms with Crippen molar-refractivity contribution in [2.75, 3.05) is 5.32 Å². The van der Waals surface area contributed by atoms with E-state index in [1.54, 1.807) is 24.3 Å². The van der Waals surface area contributed by atoms with E-state index in [9.17, 15) is 13.6 Å². The van der Waals surface area contributed by atoms with Crippen molar-refractivity contribution in [2.24, 2.45) is 0 Å². The van der Waals surface area contributed by atoms with Gasteiger partial charge >= 0.3 is 0 Å². The van der Waals surface area contributed by atoms with Crippen LogP contribution in [0.1, 0.15) is 16.8 Å². The molecule has 4 aromatic carbocycles. The molecule has 0 aliphatic rings. The Balaban J connectivity index is 1.27. The third-order valence-electron chi connectivity index (χ3n) is 5.55. The average molecular weight is 482 g/mol. The van der Waals surface area contributed by atoms with Gasteiger partial charge < -0.3 is 10.1 Å². The Morgan fingerprint density at radius 3 is 2.42 bits per heavy atom. The van der Waals surface area contributed by atoms with Crippen LogP contribution < -0.4 is 10.1 Å². The molecule has 2 N–H and O–H groups in total. The minimum absolute atomic E-state index is 0.270. The predicted molar refractivity (Wildman–Crippen MR) is 137 cm³/mol. The first-order valence-electron chi connectivity index (χ1n) is 11.3. The van der Waals surface area contributed by atoms with Crippen molar-refractivity contribution in [1.82, 2.24) is 10.2 Å². The molecular weight excluding hydrogens is 460 g/mol. The molecule has 36 heavy (non-hydrogen) atoms. The number of hydrogen-bond donors (Lipinski definition) is 2. The molecule has 7 heteroatoms. The molecule has 1 aromatic heterocycles. The summed E-state index contributed by atoms with van der Waals surface area (Å²) in [6.07, 6.45) is 3.54. The fourth-order valence-electron chi connectivity index (χ4n) is 3.79. The lowest BCUT2D eigenvalue weighted by atomic mass is 10.1. The summed E-state index contributed by atoms with van der Waals surface area (Å²) >= 11 is 0. The Morgan fingerprint density at radius 1 is 0.861 bits per heavy atom. The van der Waals surface area contributed by atoms with Crippen LogP contribution in [-0.4, -0.2) is 16.1 Å². The van der Waals surface area contributed by atoms with E-state index >= 15 is 0 Å². The quantitative estimate of drug-likeness (QED) is 0.263. The van der Waals surface area contributed by atoms with Gasteiger partial charge in [-0.25, -0.2) is 8.78 Å². The standard InChI is InChI=1S/C29H21F2N3O2/c30-25-10-5-11-26(31)24(25)18-29(35)32-20-8-4-9-21(16-20)36-22-13-14-23-27(33-34-28(23)17-22)15-12-19-6-2-1-3-7-19/h1-17H,18H2,(H,32,35)(H,33,34)/b15-12+. The normalized spacial score (nSPS) is 11.2. The number of ether oxygens (including phenoxy) is 1. The first-order chi connectivity index (χ1) is 17.5. The van der Waals surface area contributed by atoms with Crippen LogP contribution in [0.4, 0.5) is 14.5 Å². The Kier molecular flexibility index (Phi) is 6.53. The van der Waals surface area contributed by atoms with Crippen LogP contribution in [0.25, 0.3) is 23.1 Å². The number of anilines is 1. The van der Waals surface area contributed by atoms with E-state index in [1.807, 2.05) is 60.7 Å². The maximum absolute atomic E-state index is 13.8. The van der Waals surface area contributed by atoms with Crippen molar-refractivity contribution in [3.8, 4) is 11.5 Å². The number of carbonyl (C=O) groups excluding carboxylic acids is 1. The molecule has 5 aromatic rings. The lowest BCUT2D eigenvalue weighted by Crippen LogP contribution is -2.16. The molecule has 0 bridgehead atoms. The Hall–Kier alpha value is -4.78. The summed E-state index contributed by atoms with van der Waals surface area (Å²) in [6.45, 7) is 0. The van der Waals surface area contributed by atoms with Gasteiger partial charge in [-0.1, -0.05) is 48.5 Å². The Bertz CT molecular complexity index is 1540. The van der Waals surface area contributed by atoms with Crippen LogP contribution >= 0.6 is 0 Å². The summed E-state index contributed by atoms with van der Waals surface area (Å²) < 4.78 is 33.6. The van der Waals surface area contributed by atoms with E-state index in [0.717, 1.165) is 34.3 Å². The highest BCUT2D eigenvalue weighted by atomic mass is 19.1. The van der Waals surface area contributed by atoms with Gasteiger partial charge in [0.25, 0.3) is 0 Å². The van der Waals surface area contributed by atoms with Gasteiger partial charge in [0.15, 0.2) is 0 Å². The van der Waals surface area contributed by atoms with Crippen LogP contribution in [0.2, 0.25) is 0 Å². The maximum Gasteiger partial charge on any atom is 0.229 e. The number of H-pyrrole nitrogens is 1. The molecular formula is C29H21F2N3O2. The van der Waals surface area contributed by atoms with Crippen molar-refractivity contribution in [3.05, 3.63) is 119 Å². The van der Waals surface area contributed by atoms with E-state index in [-0.39, 0.29) is 5.56 Å². The summed E-state index contributed by atoms with van der Waals surface area (Å²) in [5.74, 6) is -0.967. The summed E-state index contributed by atoms with van der Waals surface area (Å²) in [5, 5.41) is 11.0. The molecule has 0 saturated carbocycles. The van der Waals surface area contributed by atoms with E-state index in [2.05, 4.69) is 15.5 Å². The largest absolute Gasteiger partial charge is 0.457 e. The monoisotopic (exact) mass is 481 g/mol. The van der Waals surface area contributed by atoms with E-state index in [0.29, 0.717) is 17.2 Å². The molecule has 1 amide bonds. The minimum Gasteiger partial charge on any atom is -0.457 e. The molecule has 0 atom stereocenters. The third kappa shape index (κ3) is 5.31. The van der Waals surface area contributed by atoms with Gasteiger partial charge in [0.2, 0.25) is 5.91 Å². The highest BCUT2D eigenvalue weighted by molar-refractivity contribution is 5.92. The number of aromatic amines is 1. The second-order valence-electron chi connectivity index (χ2n) is 8.12.